The van der Waals surface area contributed by atoms with E-state index in [4.69, 9.17) is 4.42 Å². The summed E-state index contributed by atoms with van der Waals surface area (Å²) < 4.78 is 5.12. The van der Waals surface area contributed by atoms with Gasteiger partial charge in [0.25, 0.3) is 0 Å². The van der Waals surface area contributed by atoms with E-state index in [2.05, 4.69) is 27.7 Å². The lowest BCUT2D eigenvalue weighted by Crippen LogP contribution is -2.25. The van der Waals surface area contributed by atoms with E-state index in [9.17, 15) is 4.79 Å². The van der Waals surface area contributed by atoms with Crippen molar-refractivity contribution < 1.29 is 9.21 Å². The van der Waals surface area contributed by atoms with E-state index in [-0.39, 0.29) is 11.2 Å². The summed E-state index contributed by atoms with van der Waals surface area (Å²) in [5.41, 5.74) is 2.35. The molecule has 1 amide bonds. The molecule has 0 spiro atoms. The fourth-order valence-corrected chi connectivity index (χ4v) is 2.99. The van der Waals surface area contributed by atoms with Crippen molar-refractivity contribution in [2.75, 3.05) is 0 Å². The van der Waals surface area contributed by atoms with Gasteiger partial charge in [0.05, 0.1) is 17.7 Å². The topological polar surface area (TPSA) is 67.0 Å². The Hall–Kier alpha value is -2.34. The van der Waals surface area contributed by atoms with Crippen LogP contribution in [0.4, 0.5) is 0 Å². The smallest absolute Gasteiger partial charge is 0.239 e. The fraction of sp³-hybridized carbons (Fsp3) is 0.188. The van der Waals surface area contributed by atoms with E-state index in [1.165, 1.54) is 23.5 Å². The van der Waals surface area contributed by atoms with Crippen LogP contribution in [-0.4, -0.2) is 22.5 Å². The van der Waals surface area contributed by atoms with Crippen molar-refractivity contribution in [1.29, 1.82) is 0 Å². The average Bonchev–Trinajstić information content (AvgIpc) is 3.12. The Labute approximate surface area is 132 Å². The van der Waals surface area contributed by atoms with Crippen LogP contribution in [-0.2, 0) is 11.2 Å². The van der Waals surface area contributed by atoms with Crippen LogP contribution in [0.25, 0.3) is 0 Å². The third-order valence-corrected chi connectivity index (χ3v) is 4.27. The van der Waals surface area contributed by atoms with Crippen LogP contribution in [0.3, 0.4) is 0 Å². The molecule has 1 N–H and O–H groups in total. The standard InChI is InChI=1S/C16H15N3O2S/c1-11-4-6-12(7-5-11)9-14-15(20)18-16(22-14)19-17-10-13-3-2-8-21-13/h2-8,10,14H,9H2,1H3,(H,18,19,20)/t14-/m0/s1. The highest BCUT2D eigenvalue weighted by Gasteiger charge is 2.30. The van der Waals surface area contributed by atoms with Crippen molar-refractivity contribution >= 4 is 29.1 Å². The number of carbonyl (C=O) groups excluding carboxylic acids is 1. The minimum absolute atomic E-state index is 0.0301. The summed E-state index contributed by atoms with van der Waals surface area (Å²) >= 11 is 1.40. The van der Waals surface area contributed by atoms with E-state index in [0.717, 1.165) is 5.56 Å². The molecule has 22 heavy (non-hydrogen) atoms. The first-order chi connectivity index (χ1) is 10.7. The molecule has 2 aromatic rings. The molecular formula is C16H15N3O2S. The molecule has 1 fully saturated rings. The number of amides is 1. The monoisotopic (exact) mass is 313 g/mol. The van der Waals surface area contributed by atoms with Crippen LogP contribution in [0, 0.1) is 6.92 Å². The van der Waals surface area contributed by atoms with Crippen molar-refractivity contribution in [3.8, 4) is 0 Å². The molecule has 1 aliphatic rings. The van der Waals surface area contributed by atoms with Crippen molar-refractivity contribution in [2.45, 2.75) is 18.6 Å². The van der Waals surface area contributed by atoms with Gasteiger partial charge < -0.3 is 9.73 Å². The number of thioether (sulfide) groups is 1. The molecule has 1 aromatic heterocycles. The highest BCUT2D eigenvalue weighted by Crippen LogP contribution is 2.23. The van der Waals surface area contributed by atoms with Crippen LogP contribution < -0.4 is 5.32 Å². The molecule has 1 aromatic carbocycles. The lowest BCUT2D eigenvalue weighted by atomic mass is 10.1. The number of furan rings is 1. The predicted octanol–water partition coefficient (Wildman–Crippen LogP) is 2.75. The SMILES string of the molecule is Cc1ccc(C[C@@H]2S/C(=N/N=Cc3ccco3)NC2=O)cc1. The molecule has 0 radical (unpaired) electrons. The van der Waals surface area contributed by atoms with Gasteiger partial charge in [0.2, 0.25) is 5.91 Å². The summed E-state index contributed by atoms with van der Waals surface area (Å²) in [6.45, 7) is 2.04. The Balaban J connectivity index is 1.61. The van der Waals surface area contributed by atoms with Crippen LogP contribution in [0.2, 0.25) is 0 Å². The number of carbonyl (C=O) groups is 1. The van der Waals surface area contributed by atoms with Gasteiger partial charge in [-0.1, -0.05) is 41.6 Å². The molecule has 1 atom stereocenters. The van der Waals surface area contributed by atoms with Gasteiger partial charge in [-0.2, -0.15) is 5.10 Å². The Bertz CT molecular complexity index is 706. The first kappa shape index (κ1) is 14.6. The number of amidine groups is 1. The van der Waals surface area contributed by atoms with Gasteiger partial charge >= 0.3 is 0 Å². The quantitative estimate of drug-likeness (QED) is 0.697. The van der Waals surface area contributed by atoms with Crippen LogP contribution in [0.1, 0.15) is 16.9 Å². The Kier molecular flexibility index (Phi) is 4.39. The van der Waals surface area contributed by atoms with E-state index in [0.29, 0.717) is 17.3 Å². The van der Waals surface area contributed by atoms with Crippen molar-refractivity contribution in [1.82, 2.24) is 5.32 Å². The van der Waals surface area contributed by atoms with Gasteiger partial charge in [0.15, 0.2) is 5.17 Å². The molecule has 5 nitrogen and oxygen atoms in total. The number of rotatable bonds is 4. The summed E-state index contributed by atoms with van der Waals surface area (Å²) in [5, 5.41) is 11.0. The molecule has 2 heterocycles. The summed E-state index contributed by atoms with van der Waals surface area (Å²) in [7, 11) is 0. The van der Waals surface area contributed by atoms with Crippen molar-refractivity contribution in [2.24, 2.45) is 10.2 Å². The van der Waals surface area contributed by atoms with Gasteiger partial charge in [-0.15, -0.1) is 5.10 Å². The summed E-state index contributed by atoms with van der Waals surface area (Å²) in [6, 6.07) is 11.8. The highest BCUT2D eigenvalue weighted by atomic mass is 32.2. The average molecular weight is 313 g/mol. The highest BCUT2D eigenvalue weighted by molar-refractivity contribution is 8.15. The van der Waals surface area contributed by atoms with Gasteiger partial charge in [-0.25, -0.2) is 0 Å². The second-order valence-electron chi connectivity index (χ2n) is 4.95. The van der Waals surface area contributed by atoms with Gasteiger partial charge in [0.1, 0.15) is 5.76 Å². The second-order valence-corrected chi connectivity index (χ2v) is 6.14. The predicted molar refractivity (Wildman–Crippen MR) is 88.1 cm³/mol. The zero-order chi connectivity index (χ0) is 15.4. The van der Waals surface area contributed by atoms with Crippen LogP contribution in [0.5, 0.6) is 0 Å². The minimum Gasteiger partial charge on any atom is -0.463 e. The van der Waals surface area contributed by atoms with E-state index >= 15 is 0 Å². The maximum atomic E-state index is 12.0. The lowest BCUT2D eigenvalue weighted by Gasteiger charge is -2.05. The van der Waals surface area contributed by atoms with Gasteiger partial charge in [-0.3, -0.25) is 4.79 Å². The molecule has 1 saturated heterocycles. The summed E-state index contributed by atoms with van der Waals surface area (Å²) in [6.07, 6.45) is 3.75. The Morgan fingerprint density at radius 3 is 2.86 bits per heavy atom. The van der Waals surface area contributed by atoms with E-state index < -0.39 is 0 Å². The van der Waals surface area contributed by atoms with E-state index in [1.807, 2.05) is 19.1 Å². The maximum absolute atomic E-state index is 12.0. The number of hydrogen-bond acceptors (Lipinski definition) is 5. The van der Waals surface area contributed by atoms with Gasteiger partial charge in [0, 0.05) is 0 Å². The zero-order valence-electron chi connectivity index (χ0n) is 12.0. The molecule has 0 saturated carbocycles. The molecule has 112 valence electrons. The molecule has 0 aliphatic carbocycles. The first-order valence-electron chi connectivity index (χ1n) is 6.88. The number of nitrogens with one attached hydrogen (secondary N) is 1. The van der Waals surface area contributed by atoms with Crippen molar-refractivity contribution in [3.63, 3.8) is 0 Å². The molecule has 6 heteroatoms. The second kappa shape index (κ2) is 6.62. The summed E-state index contributed by atoms with van der Waals surface area (Å²) in [4.78, 5) is 12.0. The molecule has 1 aliphatic heterocycles. The number of aryl methyl sites for hydroxylation is 1. The summed E-state index contributed by atoms with van der Waals surface area (Å²) in [5.74, 6) is 0.590. The Morgan fingerprint density at radius 1 is 1.32 bits per heavy atom. The van der Waals surface area contributed by atoms with Crippen LogP contribution in [0.15, 0.2) is 57.3 Å². The number of nitrogens with zero attached hydrogens (tertiary/aromatic N) is 2. The number of hydrogen-bond donors (Lipinski definition) is 1. The molecule has 0 bridgehead atoms. The first-order valence-corrected chi connectivity index (χ1v) is 7.76. The molecule has 0 unspecified atom stereocenters. The minimum atomic E-state index is -0.166. The lowest BCUT2D eigenvalue weighted by molar-refractivity contribution is -0.118. The van der Waals surface area contributed by atoms with Gasteiger partial charge in [-0.05, 0) is 31.0 Å². The molecule has 3 rings (SSSR count). The largest absolute Gasteiger partial charge is 0.463 e. The normalized spacial score (nSPS) is 20.0. The third kappa shape index (κ3) is 3.65. The van der Waals surface area contributed by atoms with Crippen LogP contribution >= 0.6 is 11.8 Å². The fourth-order valence-electron chi connectivity index (χ4n) is 2.03. The van der Waals surface area contributed by atoms with E-state index in [1.54, 1.807) is 18.4 Å². The van der Waals surface area contributed by atoms with Crippen molar-refractivity contribution in [3.05, 3.63) is 59.5 Å². The third-order valence-electron chi connectivity index (χ3n) is 3.19. The maximum Gasteiger partial charge on any atom is 0.239 e. The molecular weight excluding hydrogens is 298 g/mol. The number of benzene rings is 1. The zero-order valence-corrected chi connectivity index (χ0v) is 12.8. The Morgan fingerprint density at radius 2 is 2.14 bits per heavy atom.